The van der Waals surface area contributed by atoms with Gasteiger partial charge in [-0.3, -0.25) is 4.79 Å². The second-order valence-electron chi connectivity index (χ2n) is 4.35. The summed E-state index contributed by atoms with van der Waals surface area (Å²) in [5, 5.41) is 21.1. The minimum Gasteiger partial charge on any atom is -0.393 e. The van der Waals surface area contributed by atoms with Crippen LogP contribution in [0.5, 0.6) is 0 Å². The lowest BCUT2D eigenvalue weighted by Crippen LogP contribution is -2.43. The summed E-state index contributed by atoms with van der Waals surface area (Å²) in [4.78, 5) is 11.9. The molecule has 0 aromatic heterocycles. The summed E-state index contributed by atoms with van der Waals surface area (Å²) in [6.45, 7) is 3.10. The number of benzene rings is 1. The average Bonchev–Trinajstić information content (AvgIpc) is 2.36. The molecule has 0 radical (unpaired) electrons. The van der Waals surface area contributed by atoms with Crippen LogP contribution in [-0.4, -0.2) is 34.9 Å². The van der Waals surface area contributed by atoms with E-state index in [0.29, 0.717) is 5.56 Å². The van der Waals surface area contributed by atoms with Gasteiger partial charge in [0.05, 0.1) is 6.61 Å². The van der Waals surface area contributed by atoms with Crippen LogP contribution in [0.3, 0.4) is 0 Å². The monoisotopic (exact) mass is 237 g/mol. The maximum Gasteiger partial charge on any atom is 0.251 e. The zero-order valence-corrected chi connectivity index (χ0v) is 10.2. The summed E-state index contributed by atoms with van der Waals surface area (Å²) >= 11 is 0. The Kier molecular flexibility index (Phi) is 4.66. The molecule has 0 saturated carbocycles. The molecule has 1 atom stereocenters. The molecule has 0 bridgehead atoms. The Bertz CT molecular complexity index is 388. The van der Waals surface area contributed by atoms with Gasteiger partial charge in [-0.25, -0.2) is 0 Å². The first-order chi connectivity index (χ1) is 8.00. The van der Waals surface area contributed by atoms with Gasteiger partial charge in [-0.1, -0.05) is 25.1 Å². The van der Waals surface area contributed by atoms with Crippen LogP contribution in [-0.2, 0) is 6.42 Å². The molecule has 1 aromatic carbocycles. The number of aliphatic hydroxyl groups is 2. The third-order valence-corrected chi connectivity index (χ3v) is 2.61. The van der Waals surface area contributed by atoms with Gasteiger partial charge in [-0.2, -0.15) is 0 Å². The highest BCUT2D eigenvalue weighted by Crippen LogP contribution is 2.09. The Balaban J connectivity index is 2.70. The van der Waals surface area contributed by atoms with E-state index in [1.54, 1.807) is 12.1 Å². The van der Waals surface area contributed by atoms with Crippen molar-refractivity contribution < 1.29 is 15.0 Å². The molecule has 94 valence electrons. The van der Waals surface area contributed by atoms with E-state index in [-0.39, 0.29) is 19.1 Å². The number of carbonyl (C=O) groups excluding carboxylic acids is 1. The van der Waals surface area contributed by atoms with E-state index in [9.17, 15) is 9.90 Å². The van der Waals surface area contributed by atoms with E-state index in [2.05, 4.69) is 5.32 Å². The fourth-order valence-corrected chi connectivity index (χ4v) is 1.47. The molecule has 4 heteroatoms. The maximum absolute atomic E-state index is 11.9. The Morgan fingerprint density at radius 3 is 2.65 bits per heavy atom. The second-order valence-corrected chi connectivity index (χ2v) is 4.35. The van der Waals surface area contributed by atoms with Gasteiger partial charge in [0, 0.05) is 12.1 Å². The third kappa shape index (κ3) is 3.84. The van der Waals surface area contributed by atoms with Crippen LogP contribution in [0.2, 0.25) is 0 Å². The summed E-state index contributed by atoms with van der Waals surface area (Å²) in [6.07, 6.45) is 0.778. The van der Waals surface area contributed by atoms with E-state index < -0.39 is 5.60 Å². The normalized spacial score (nSPS) is 14.1. The molecule has 3 N–H and O–H groups in total. The van der Waals surface area contributed by atoms with Crippen molar-refractivity contribution in [2.75, 3.05) is 13.2 Å². The topological polar surface area (TPSA) is 69.6 Å². The first-order valence-electron chi connectivity index (χ1n) is 5.69. The molecule has 1 unspecified atom stereocenters. The van der Waals surface area contributed by atoms with Crippen molar-refractivity contribution in [1.29, 1.82) is 0 Å². The van der Waals surface area contributed by atoms with Crippen LogP contribution in [0.4, 0.5) is 0 Å². The standard InChI is InChI=1S/C13H19NO3/c1-3-10-6-4-5-7-11(10)12(16)14-8-13(2,17)9-15/h4-7,15,17H,3,8-9H2,1-2H3,(H,14,16). The largest absolute Gasteiger partial charge is 0.393 e. The van der Waals surface area contributed by atoms with Crippen molar-refractivity contribution in [1.82, 2.24) is 5.32 Å². The maximum atomic E-state index is 11.9. The highest BCUT2D eigenvalue weighted by atomic mass is 16.3. The van der Waals surface area contributed by atoms with E-state index >= 15 is 0 Å². The van der Waals surface area contributed by atoms with Crippen LogP contribution < -0.4 is 5.32 Å². The number of aryl methyl sites for hydroxylation is 1. The quantitative estimate of drug-likeness (QED) is 0.707. The second kappa shape index (κ2) is 5.80. The molecule has 0 saturated heterocycles. The van der Waals surface area contributed by atoms with Crippen molar-refractivity contribution in [3.8, 4) is 0 Å². The average molecular weight is 237 g/mol. The molecule has 0 spiro atoms. The van der Waals surface area contributed by atoms with Crippen molar-refractivity contribution in [3.05, 3.63) is 35.4 Å². The van der Waals surface area contributed by atoms with E-state index in [1.807, 2.05) is 19.1 Å². The Morgan fingerprint density at radius 1 is 1.41 bits per heavy atom. The van der Waals surface area contributed by atoms with E-state index in [4.69, 9.17) is 5.11 Å². The molecule has 17 heavy (non-hydrogen) atoms. The Hall–Kier alpha value is -1.39. The fraction of sp³-hybridized carbons (Fsp3) is 0.462. The predicted molar refractivity (Wildman–Crippen MR) is 65.9 cm³/mol. The van der Waals surface area contributed by atoms with Gasteiger partial charge in [-0.05, 0) is 25.0 Å². The van der Waals surface area contributed by atoms with Crippen LogP contribution in [0.1, 0.15) is 29.8 Å². The third-order valence-electron chi connectivity index (χ3n) is 2.61. The molecule has 4 nitrogen and oxygen atoms in total. The lowest BCUT2D eigenvalue weighted by molar-refractivity contribution is 0.00319. The van der Waals surface area contributed by atoms with Gasteiger partial charge in [-0.15, -0.1) is 0 Å². The minimum absolute atomic E-state index is 0.0282. The number of amides is 1. The molecule has 1 rings (SSSR count). The first-order valence-corrected chi connectivity index (χ1v) is 5.69. The van der Waals surface area contributed by atoms with Crippen molar-refractivity contribution in [2.45, 2.75) is 25.9 Å². The molecular formula is C13H19NO3. The summed E-state index contributed by atoms with van der Waals surface area (Å²) in [7, 11) is 0. The van der Waals surface area contributed by atoms with Crippen LogP contribution in [0, 0.1) is 0 Å². The van der Waals surface area contributed by atoms with Gasteiger partial charge in [0.25, 0.3) is 5.91 Å². The van der Waals surface area contributed by atoms with Gasteiger partial charge in [0.15, 0.2) is 0 Å². The van der Waals surface area contributed by atoms with Crippen LogP contribution >= 0.6 is 0 Å². The zero-order chi connectivity index (χ0) is 12.9. The van der Waals surface area contributed by atoms with Crippen molar-refractivity contribution in [3.63, 3.8) is 0 Å². The number of nitrogens with one attached hydrogen (secondary N) is 1. The molecule has 1 aromatic rings. The fourth-order valence-electron chi connectivity index (χ4n) is 1.47. The molecular weight excluding hydrogens is 218 g/mol. The summed E-state index contributed by atoms with van der Waals surface area (Å²) in [6, 6.07) is 7.35. The number of rotatable bonds is 5. The Labute approximate surface area is 101 Å². The number of carbonyl (C=O) groups is 1. The Morgan fingerprint density at radius 2 is 2.06 bits per heavy atom. The van der Waals surface area contributed by atoms with Crippen LogP contribution in [0.15, 0.2) is 24.3 Å². The lowest BCUT2D eigenvalue weighted by Gasteiger charge is -2.21. The molecule has 0 heterocycles. The van der Waals surface area contributed by atoms with Gasteiger partial charge >= 0.3 is 0 Å². The SMILES string of the molecule is CCc1ccccc1C(=O)NCC(C)(O)CO. The van der Waals surface area contributed by atoms with Gasteiger partial charge in [0.2, 0.25) is 0 Å². The zero-order valence-electron chi connectivity index (χ0n) is 10.2. The van der Waals surface area contributed by atoms with Crippen LogP contribution in [0.25, 0.3) is 0 Å². The lowest BCUT2D eigenvalue weighted by atomic mass is 10.0. The molecule has 0 aliphatic carbocycles. The minimum atomic E-state index is -1.28. The molecule has 1 amide bonds. The van der Waals surface area contributed by atoms with Crippen molar-refractivity contribution in [2.24, 2.45) is 0 Å². The van der Waals surface area contributed by atoms with Gasteiger partial charge < -0.3 is 15.5 Å². The number of aliphatic hydroxyl groups excluding tert-OH is 1. The molecule has 0 aliphatic rings. The smallest absolute Gasteiger partial charge is 0.251 e. The van der Waals surface area contributed by atoms with Crippen molar-refractivity contribution >= 4 is 5.91 Å². The summed E-state index contributed by atoms with van der Waals surface area (Å²) in [5.41, 5.74) is 0.300. The van der Waals surface area contributed by atoms with E-state index in [1.165, 1.54) is 6.92 Å². The summed E-state index contributed by atoms with van der Waals surface area (Å²) < 4.78 is 0. The van der Waals surface area contributed by atoms with Gasteiger partial charge in [0.1, 0.15) is 5.60 Å². The highest BCUT2D eigenvalue weighted by Gasteiger charge is 2.20. The summed E-state index contributed by atoms with van der Waals surface area (Å²) in [5.74, 6) is -0.226. The molecule has 0 aliphatic heterocycles. The number of hydrogen-bond acceptors (Lipinski definition) is 3. The molecule has 0 fully saturated rings. The first kappa shape index (κ1) is 13.7. The predicted octanol–water partition coefficient (Wildman–Crippen LogP) is 0.722. The highest BCUT2D eigenvalue weighted by molar-refractivity contribution is 5.95. The van der Waals surface area contributed by atoms with E-state index in [0.717, 1.165) is 12.0 Å². The number of hydrogen-bond donors (Lipinski definition) is 3.